The van der Waals surface area contributed by atoms with Crippen molar-refractivity contribution in [3.63, 3.8) is 0 Å². The lowest BCUT2D eigenvalue weighted by Gasteiger charge is -2.20. The standard InChI is InChI=1S/C13H28N2S/c1-3-15(4-2)9-10-16-11-13(14)12-7-5-6-8-12/h12-13H,3-11,14H2,1-2H3. The molecule has 0 aromatic rings. The maximum atomic E-state index is 6.23. The second-order valence-corrected chi connectivity index (χ2v) is 5.96. The van der Waals surface area contributed by atoms with Gasteiger partial charge in [0.1, 0.15) is 0 Å². The SMILES string of the molecule is CCN(CC)CCSCC(N)C1CCCC1. The van der Waals surface area contributed by atoms with Crippen molar-refractivity contribution in [3.8, 4) is 0 Å². The van der Waals surface area contributed by atoms with Crippen LogP contribution in [0.15, 0.2) is 0 Å². The Morgan fingerprint density at radius 2 is 1.88 bits per heavy atom. The first-order valence-electron chi connectivity index (χ1n) is 6.83. The van der Waals surface area contributed by atoms with Crippen LogP contribution in [0, 0.1) is 5.92 Å². The van der Waals surface area contributed by atoms with Gasteiger partial charge in [-0.15, -0.1) is 0 Å². The number of thioether (sulfide) groups is 1. The molecule has 3 heteroatoms. The van der Waals surface area contributed by atoms with Gasteiger partial charge in [-0.05, 0) is 31.8 Å². The third-order valence-corrected chi connectivity index (χ3v) is 4.85. The normalized spacial score (nSPS) is 19.5. The Morgan fingerprint density at radius 3 is 2.44 bits per heavy atom. The van der Waals surface area contributed by atoms with Crippen LogP contribution in [0.2, 0.25) is 0 Å². The van der Waals surface area contributed by atoms with Gasteiger partial charge in [-0.1, -0.05) is 26.7 Å². The first kappa shape index (κ1) is 14.3. The molecule has 0 heterocycles. The van der Waals surface area contributed by atoms with Crippen molar-refractivity contribution in [2.75, 3.05) is 31.1 Å². The zero-order chi connectivity index (χ0) is 11.8. The Hall–Kier alpha value is 0.270. The van der Waals surface area contributed by atoms with Crippen LogP contribution >= 0.6 is 11.8 Å². The first-order valence-corrected chi connectivity index (χ1v) is 7.99. The topological polar surface area (TPSA) is 29.3 Å². The second-order valence-electron chi connectivity index (χ2n) is 4.81. The van der Waals surface area contributed by atoms with Crippen molar-refractivity contribution in [2.45, 2.75) is 45.6 Å². The van der Waals surface area contributed by atoms with Gasteiger partial charge in [0.2, 0.25) is 0 Å². The minimum absolute atomic E-state index is 0.448. The highest BCUT2D eigenvalue weighted by Gasteiger charge is 2.21. The van der Waals surface area contributed by atoms with Crippen molar-refractivity contribution >= 4 is 11.8 Å². The monoisotopic (exact) mass is 244 g/mol. The molecule has 0 spiro atoms. The van der Waals surface area contributed by atoms with Crippen LogP contribution in [0.25, 0.3) is 0 Å². The highest BCUT2D eigenvalue weighted by atomic mass is 32.2. The molecule has 1 aliphatic carbocycles. The summed E-state index contributed by atoms with van der Waals surface area (Å²) < 4.78 is 0. The lowest BCUT2D eigenvalue weighted by atomic mass is 10.0. The van der Waals surface area contributed by atoms with Crippen LogP contribution in [-0.4, -0.2) is 42.1 Å². The molecule has 0 radical (unpaired) electrons. The van der Waals surface area contributed by atoms with Crippen LogP contribution < -0.4 is 5.73 Å². The van der Waals surface area contributed by atoms with Gasteiger partial charge in [0.25, 0.3) is 0 Å². The van der Waals surface area contributed by atoms with E-state index in [4.69, 9.17) is 5.73 Å². The summed E-state index contributed by atoms with van der Waals surface area (Å²) in [6.07, 6.45) is 5.56. The van der Waals surface area contributed by atoms with Gasteiger partial charge in [-0.3, -0.25) is 0 Å². The summed E-state index contributed by atoms with van der Waals surface area (Å²) in [5.41, 5.74) is 6.23. The van der Waals surface area contributed by atoms with Crippen molar-refractivity contribution < 1.29 is 0 Å². The zero-order valence-electron chi connectivity index (χ0n) is 11.0. The van der Waals surface area contributed by atoms with E-state index in [0.717, 1.165) is 11.7 Å². The van der Waals surface area contributed by atoms with E-state index in [1.165, 1.54) is 51.1 Å². The molecule has 1 fully saturated rings. The van der Waals surface area contributed by atoms with E-state index in [-0.39, 0.29) is 0 Å². The van der Waals surface area contributed by atoms with Crippen LogP contribution in [0.5, 0.6) is 0 Å². The Balaban J connectivity index is 2.01. The highest BCUT2D eigenvalue weighted by molar-refractivity contribution is 7.99. The molecule has 96 valence electrons. The van der Waals surface area contributed by atoms with Crippen LogP contribution in [-0.2, 0) is 0 Å². The molecule has 1 rings (SSSR count). The summed E-state index contributed by atoms with van der Waals surface area (Å²) in [5.74, 6) is 3.22. The molecule has 0 aromatic carbocycles. The van der Waals surface area contributed by atoms with Crippen molar-refractivity contribution in [1.29, 1.82) is 0 Å². The average Bonchev–Trinajstić information content (AvgIpc) is 2.82. The number of nitrogens with zero attached hydrogens (tertiary/aromatic N) is 1. The number of nitrogens with two attached hydrogens (primary N) is 1. The maximum absolute atomic E-state index is 6.23. The molecule has 1 atom stereocenters. The average molecular weight is 244 g/mol. The van der Waals surface area contributed by atoms with Gasteiger partial charge in [0.05, 0.1) is 0 Å². The molecule has 0 saturated heterocycles. The smallest absolute Gasteiger partial charge is 0.0158 e. The quantitative estimate of drug-likeness (QED) is 0.666. The molecule has 2 nitrogen and oxygen atoms in total. The van der Waals surface area contributed by atoms with Gasteiger partial charge in [-0.25, -0.2) is 0 Å². The predicted octanol–water partition coefficient (Wildman–Crippen LogP) is 2.58. The van der Waals surface area contributed by atoms with E-state index in [2.05, 4.69) is 18.7 Å². The van der Waals surface area contributed by atoms with E-state index < -0.39 is 0 Å². The summed E-state index contributed by atoms with van der Waals surface area (Å²) in [6.45, 7) is 8.03. The fraction of sp³-hybridized carbons (Fsp3) is 1.00. The minimum atomic E-state index is 0.448. The van der Waals surface area contributed by atoms with Gasteiger partial charge in [-0.2, -0.15) is 11.8 Å². The summed E-state index contributed by atoms with van der Waals surface area (Å²) in [4.78, 5) is 2.48. The second kappa shape index (κ2) is 8.37. The van der Waals surface area contributed by atoms with Crippen LogP contribution in [0.4, 0.5) is 0 Å². The first-order chi connectivity index (χ1) is 7.77. The fourth-order valence-electron chi connectivity index (χ4n) is 2.47. The predicted molar refractivity (Wildman–Crippen MR) is 75.0 cm³/mol. The Kier molecular flexibility index (Phi) is 7.50. The van der Waals surface area contributed by atoms with E-state index in [1.54, 1.807) is 0 Å². The Labute approximate surface area is 105 Å². The van der Waals surface area contributed by atoms with Crippen molar-refractivity contribution in [3.05, 3.63) is 0 Å². The molecule has 1 saturated carbocycles. The van der Waals surface area contributed by atoms with E-state index >= 15 is 0 Å². The van der Waals surface area contributed by atoms with Crippen LogP contribution in [0.3, 0.4) is 0 Å². The minimum Gasteiger partial charge on any atom is -0.327 e. The molecule has 16 heavy (non-hydrogen) atoms. The third-order valence-electron chi connectivity index (χ3n) is 3.76. The van der Waals surface area contributed by atoms with Gasteiger partial charge >= 0.3 is 0 Å². The van der Waals surface area contributed by atoms with Crippen LogP contribution in [0.1, 0.15) is 39.5 Å². The molecule has 1 aliphatic rings. The zero-order valence-corrected chi connectivity index (χ0v) is 11.8. The summed E-state index contributed by atoms with van der Waals surface area (Å²) in [5, 5.41) is 0. The molecule has 0 bridgehead atoms. The lowest BCUT2D eigenvalue weighted by molar-refractivity contribution is 0.324. The van der Waals surface area contributed by atoms with Gasteiger partial charge in [0, 0.05) is 24.1 Å². The van der Waals surface area contributed by atoms with Crippen molar-refractivity contribution in [1.82, 2.24) is 4.90 Å². The third kappa shape index (κ3) is 5.07. The summed E-state index contributed by atoms with van der Waals surface area (Å²) in [7, 11) is 0. The molecule has 0 amide bonds. The van der Waals surface area contributed by atoms with Crippen molar-refractivity contribution in [2.24, 2.45) is 11.7 Å². The molecule has 2 N–H and O–H groups in total. The van der Waals surface area contributed by atoms with E-state index in [0.29, 0.717) is 6.04 Å². The lowest BCUT2D eigenvalue weighted by Crippen LogP contribution is -2.32. The Bertz CT molecular complexity index is 165. The fourth-order valence-corrected chi connectivity index (χ4v) is 3.57. The van der Waals surface area contributed by atoms with Gasteiger partial charge < -0.3 is 10.6 Å². The molecule has 0 aliphatic heterocycles. The van der Waals surface area contributed by atoms with E-state index in [1.807, 2.05) is 11.8 Å². The summed E-state index contributed by atoms with van der Waals surface area (Å²) >= 11 is 2.04. The molecular weight excluding hydrogens is 216 g/mol. The number of hydrogen-bond donors (Lipinski definition) is 1. The van der Waals surface area contributed by atoms with E-state index in [9.17, 15) is 0 Å². The van der Waals surface area contributed by atoms with Gasteiger partial charge in [0.15, 0.2) is 0 Å². The highest BCUT2D eigenvalue weighted by Crippen LogP contribution is 2.28. The largest absolute Gasteiger partial charge is 0.327 e. The number of hydrogen-bond acceptors (Lipinski definition) is 3. The summed E-state index contributed by atoms with van der Waals surface area (Å²) in [6, 6.07) is 0.448. The molecular formula is C13H28N2S. The maximum Gasteiger partial charge on any atom is 0.0158 e. The number of rotatable bonds is 8. The molecule has 1 unspecified atom stereocenters. The molecule has 0 aromatic heterocycles. The Morgan fingerprint density at radius 1 is 1.25 bits per heavy atom.